The van der Waals surface area contributed by atoms with Crippen LogP contribution in [0.5, 0.6) is 0 Å². The highest BCUT2D eigenvalue weighted by Crippen LogP contribution is 1.98. The Morgan fingerprint density at radius 1 is 1.50 bits per heavy atom. The van der Waals surface area contributed by atoms with E-state index in [9.17, 15) is 9.59 Å². The Morgan fingerprint density at radius 3 is 2.50 bits per heavy atom. The van der Waals surface area contributed by atoms with Gasteiger partial charge in [0.05, 0.1) is 6.42 Å². The van der Waals surface area contributed by atoms with Gasteiger partial charge in [-0.15, -0.1) is 0 Å². The molecule has 0 saturated heterocycles. The Bertz CT molecular complexity index is 198. The van der Waals surface area contributed by atoms with Crippen LogP contribution in [0.1, 0.15) is 13.3 Å². The molecule has 0 fully saturated rings. The minimum atomic E-state index is -0.725. The van der Waals surface area contributed by atoms with Crippen molar-refractivity contribution in [2.24, 2.45) is 0 Å². The van der Waals surface area contributed by atoms with Crippen LogP contribution >= 0.6 is 0 Å². The van der Waals surface area contributed by atoms with E-state index in [0.29, 0.717) is 11.6 Å². The highest BCUT2D eigenvalue weighted by atomic mass is 28.2. The largest absolute Gasteiger partial charge is 0.427 e. The molecule has 0 heterocycles. The summed E-state index contributed by atoms with van der Waals surface area (Å²) >= 11 is 0. The van der Waals surface area contributed by atoms with Crippen LogP contribution in [0.25, 0.3) is 0 Å². The van der Waals surface area contributed by atoms with Gasteiger partial charge in [0.15, 0.2) is 15.5 Å². The van der Waals surface area contributed by atoms with Gasteiger partial charge in [-0.05, 0) is 12.5 Å². The van der Waals surface area contributed by atoms with E-state index in [1.165, 1.54) is 0 Å². The monoisotopic (exact) mass is 186 g/mol. The molecule has 3 nitrogen and oxygen atoms in total. The summed E-state index contributed by atoms with van der Waals surface area (Å²) in [5, 5.41) is 0. The number of carbonyl (C=O) groups excluding carboxylic acids is 2. The maximum atomic E-state index is 11.0. The van der Waals surface area contributed by atoms with E-state index in [2.05, 4.69) is 6.58 Å². The summed E-state index contributed by atoms with van der Waals surface area (Å²) in [5.74, 6) is -0.193. The third kappa shape index (κ3) is 4.98. The zero-order valence-corrected chi connectivity index (χ0v) is 8.97. The Labute approximate surface area is 74.7 Å². The predicted molar refractivity (Wildman–Crippen MR) is 49.8 cm³/mol. The van der Waals surface area contributed by atoms with Crippen molar-refractivity contribution in [2.75, 3.05) is 7.11 Å². The van der Waals surface area contributed by atoms with Crippen LogP contribution in [-0.4, -0.2) is 28.4 Å². The van der Waals surface area contributed by atoms with E-state index < -0.39 is 9.76 Å². The van der Waals surface area contributed by atoms with Gasteiger partial charge in [0.2, 0.25) is 0 Å². The van der Waals surface area contributed by atoms with Crippen LogP contribution in [0, 0.1) is 0 Å². The third-order valence-electron chi connectivity index (χ3n) is 1.42. The van der Waals surface area contributed by atoms with Crippen molar-refractivity contribution in [1.82, 2.24) is 0 Å². The molecule has 0 aromatic heterocycles. The topological polar surface area (TPSA) is 43.4 Å². The Balaban J connectivity index is 3.69. The van der Waals surface area contributed by atoms with Gasteiger partial charge < -0.3 is 4.43 Å². The number of hydrogen-bond acceptors (Lipinski definition) is 3. The molecule has 4 heteroatoms. The predicted octanol–water partition coefficient (Wildman–Crippen LogP) is 0.239. The van der Waals surface area contributed by atoms with Crippen LogP contribution in [-0.2, 0) is 14.0 Å². The van der Waals surface area contributed by atoms with Crippen LogP contribution in [0.15, 0.2) is 12.2 Å². The van der Waals surface area contributed by atoms with Crippen molar-refractivity contribution in [3.8, 4) is 0 Å². The fourth-order valence-electron chi connectivity index (χ4n) is 0.634. The summed E-state index contributed by atoms with van der Waals surface area (Å²) in [5.41, 5.74) is 0.447. The van der Waals surface area contributed by atoms with Gasteiger partial charge in [-0.25, -0.2) is 0 Å². The molecular weight excluding hydrogens is 172 g/mol. The normalized spacial score (nSPS) is 10.5. The number of allylic oxidation sites excluding steroid dienone is 1. The average Bonchev–Trinajstić information content (AvgIpc) is 2.00. The lowest BCUT2D eigenvalue weighted by atomic mass is 10.1. The van der Waals surface area contributed by atoms with Crippen molar-refractivity contribution in [3.05, 3.63) is 12.2 Å². The molecule has 0 aliphatic carbocycles. The molecule has 68 valence electrons. The fraction of sp³-hybridized carbons (Fsp3) is 0.500. The number of hydrogen-bond donors (Lipinski definition) is 0. The van der Waals surface area contributed by atoms with E-state index in [1.807, 2.05) is 0 Å². The van der Waals surface area contributed by atoms with Crippen LogP contribution < -0.4 is 0 Å². The molecule has 0 radical (unpaired) electrons. The number of ketones is 2. The van der Waals surface area contributed by atoms with Gasteiger partial charge in [0, 0.05) is 13.2 Å². The van der Waals surface area contributed by atoms with E-state index in [0.717, 1.165) is 0 Å². The lowest BCUT2D eigenvalue weighted by molar-refractivity contribution is -0.123. The molecular formula is C8H14O3Si. The first-order chi connectivity index (χ1) is 5.57. The second kappa shape index (κ2) is 5.85. The summed E-state index contributed by atoms with van der Waals surface area (Å²) in [6.45, 7) is 5.08. The molecule has 0 unspecified atom stereocenters. The maximum absolute atomic E-state index is 11.0. The molecule has 0 aliphatic rings. The molecule has 0 saturated carbocycles. The molecule has 12 heavy (non-hydrogen) atoms. The van der Waals surface area contributed by atoms with E-state index in [4.69, 9.17) is 4.43 Å². The van der Waals surface area contributed by atoms with Crippen LogP contribution in [0.4, 0.5) is 0 Å². The molecule has 0 amide bonds. The highest BCUT2D eigenvalue weighted by Gasteiger charge is 2.09. The average molecular weight is 186 g/mol. The van der Waals surface area contributed by atoms with Crippen molar-refractivity contribution in [3.63, 3.8) is 0 Å². The number of rotatable bonds is 6. The summed E-state index contributed by atoms with van der Waals surface area (Å²) in [6.07, 6.45) is -0.00824. The van der Waals surface area contributed by atoms with Crippen molar-refractivity contribution in [1.29, 1.82) is 0 Å². The third-order valence-corrected chi connectivity index (χ3v) is 2.59. The smallest absolute Gasteiger partial charge is 0.168 e. The zero-order chi connectivity index (χ0) is 9.56. The first-order valence-corrected chi connectivity index (χ1v) is 5.35. The van der Waals surface area contributed by atoms with Gasteiger partial charge in [-0.2, -0.15) is 0 Å². The number of Topliss-reactive ketones (excluding diaryl/α,β-unsaturated/α-hetero) is 2. The quantitative estimate of drug-likeness (QED) is 0.339. The Hall–Kier alpha value is -0.743. The minimum absolute atomic E-state index is 0.00824. The molecule has 0 N–H and O–H groups in total. The second-order valence-corrected chi connectivity index (χ2v) is 4.15. The van der Waals surface area contributed by atoms with Crippen LogP contribution in [0.2, 0.25) is 6.04 Å². The van der Waals surface area contributed by atoms with Gasteiger partial charge in [0.25, 0.3) is 0 Å². The first-order valence-electron chi connectivity index (χ1n) is 3.77. The standard InChI is InChI=1S/C8H14O3Si/c1-6(2)8(10)4-7(9)5-12-11-3/h1,4-5,12H2,2-3H3. The zero-order valence-electron chi connectivity index (χ0n) is 7.55. The van der Waals surface area contributed by atoms with Crippen molar-refractivity contribution < 1.29 is 14.0 Å². The van der Waals surface area contributed by atoms with Gasteiger partial charge in [0.1, 0.15) is 5.78 Å². The Kier molecular flexibility index (Phi) is 5.49. The number of carbonyl (C=O) groups is 2. The molecule has 0 spiro atoms. The molecule has 0 bridgehead atoms. The lowest BCUT2D eigenvalue weighted by Gasteiger charge is -1.98. The second-order valence-electron chi connectivity index (χ2n) is 2.66. The summed E-state index contributed by atoms with van der Waals surface area (Å²) in [4.78, 5) is 22.0. The van der Waals surface area contributed by atoms with Gasteiger partial charge >= 0.3 is 0 Å². The van der Waals surface area contributed by atoms with Crippen LogP contribution in [0.3, 0.4) is 0 Å². The highest BCUT2D eigenvalue weighted by molar-refractivity contribution is 6.35. The molecule has 0 aromatic carbocycles. The summed E-state index contributed by atoms with van der Waals surface area (Å²) in [7, 11) is 0.859. The fourth-order valence-corrected chi connectivity index (χ4v) is 1.24. The van der Waals surface area contributed by atoms with Crippen molar-refractivity contribution in [2.45, 2.75) is 19.4 Å². The lowest BCUT2D eigenvalue weighted by Crippen LogP contribution is -2.10. The van der Waals surface area contributed by atoms with Gasteiger partial charge in [-0.3, -0.25) is 9.59 Å². The summed E-state index contributed by atoms with van der Waals surface area (Å²) in [6, 6.07) is 0.440. The molecule has 0 rings (SSSR count). The molecule has 0 atom stereocenters. The summed E-state index contributed by atoms with van der Waals surface area (Å²) < 4.78 is 4.84. The SMILES string of the molecule is C=C(C)C(=O)CC(=O)C[SiH2]OC. The van der Waals surface area contributed by atoms with Crippen molar-refractivity contribution >= 4 is 21.3 Å². The molecule has 0 aliphatic heterocycles. The molecule has 0 aromatic rings. The van der Waals surface area contributed by atoms with E-state index >= 15 is 0 Å². The maximum Gasteiger partial charge on any atom is 0.168 e. The minimum Gasteiger partial charge on any atom is -0.427 e. The Morgan fingerprint density at radius 2 is 2.08 bits per heavy atom. The first kappa shape index (κ1) is 11.3. The van der Waals surface area contributed by atoms with Gasteiger partial charge in [-0.1, -0.05) is 6.58 Å². The van der Waals surface area contributed by atoms with E-state index in [1.54, 1.807) is 14.0 Å². The van der Waals surface area contributed by atoms with E-state index in [-0.39, 0.29) is 18.0 Å².